The Morgan fingerprint density at radius 3 is 2.30 bits per heavy atom. The fourth-order valence-electron chi connectivity index (χ4n) is 3.72. The van der Waals surface area contributed by atoms with E-state index in [0.717, 1.165) is 21.5 Å². The first-order valence-electron chi connectivity index (χ1n) is 9.26. The van der Waals surface area contributed by atoms with E-state index in [2.05, 4.69) is 11.1 Å². The maximum absolute atomic E-state index is 12.9. The third-order valence-electron chi connectivity index (χ3n) is 5.29. The molecule has 3 aromatic heterocycles. The Morgan fingerprint density at radius 1 is 0.933 bits per heavy atom. The van der Waals surface area contributed by atoms with Crippen LogP contribution >= 0.6 is 0 Å². The van der Waals surface area contributed by atoms with Gasteiger partial charge in [0.15, 0.2) is 11.2 Å². The highest BCUT2D eigenvalue weighted by Crippen LogP contribution is 2.28. The van der Waals surface area contributed by atoms with Crippen LogP contribution in [0.1, 0.15) is 5.56 Å². The second-order valence-electron chi connectivity index (χ2n) is 7.03. The van der Waals surface area contributed by atoms with E-state index in [4.69, 9.17) is 5.26 Å². The van der Waals surface area contributed by atoms with Crippen molar-refractivity contribution < 1.29 is 0 Å². The molecule has 0 N–H and O–H groups in total. The number of imidazole rings is 2. The van der Waals surface area contributed by atoms with Crippen LogP contribution in [0.4, 0.5) is 0 Å². The van der Waals surface area contributed by atoms with E-state index in [1.807, 2.05) is 53.2 Å². The van der Waals surface area contributed by atoms with Crippen molar-refractivity contribution in [2.45, 2.75) is 0 Å². The summed E-state index contributed by atoms with van der Waals surface area (Å²) in [6.45, 7) is 0. The topological polar surface area (TPSA) is 90.0 Å². The van der Waals surface area contributed by atoms with Gasteiger partial charge >= 0.3 is 5.69 Å². The van der Waals surface area contributed by atoms with Crippen LogP contribution in [0.3, 0.4) is 0 Å². The Kier molecular flexibility index (Phi) is 3.73. The highest BCUT2D eigenvalue weighted by molar-refractivity contribution is 5.79. The molecule has 0 radical (unpaired) electrons. The lowest BCUT2D eigenvalue weighted by molar-refractivity contribution is 0.708. The molecule has 3 heterocycles. The molecule has 0 saturated carbocycles. The number of fused-ring (bicyclic) bond motifs is 3. The van der Waals surface area contributed by atoms with E-state index >= 15 is 0 Å². The van der Waals surface area contributed by atoms with Crippen LogP contribution in [0.25, 0.3) is 33.9 Å². The van der Waals surface area contributed by atoms with Crippen molar-refractivity contribution in [1.29, 1.82) is 5.26 Å². The predicted molar refractivity (Wildman–Crippen MR) is 113 cm³/mol. The van der Waals surface area contributed by atoms with E-state index in [0.29, 0.717) is 22.5 Å². The minimum Gasteiger partial charge on any atom is -0.279 e. The Labute approximate surface area is 170 Å². The summed E-state index contributed by atoms with van der Waals surface area (Å²) >= 11 is 0. The summed E-state index contributed by atoms with van der Waals surface area (Å²) in [4.78, 5) is 29.9. The van der Waals surface area contributed by atoms with Gasteiger partial charge in [-0.25, -0.2) is 4.79 Å². The van der Waals surface area contributed by atoms with E-state index in [1.54, 1.807) is 23.6 Å². The van der Waals surface area contributed by atoms with Gasteiger partial charge in [0.2, 0.25) is 5.78 Å². The van der Waals surface area contributed by atoms with Gasteiger partial charge in [0, 0.05) is 31.5 Å². The molecule has 0 saturated heterocycles. The molecule has 0 atom stereocenters. The first-order valence-corrected chi connectivity index (χ1v) is 9.26. The number of aromatic nitrogens is 5. The van der Waals surface area contributed by atoms with Crippen molar-refractivity contribution in [3.63, 3.8) is 0 Å². The van der Waals surface area contributed by atoms with Gasteiger partial charge in [-0.15, -0.1) is 0 Å². The van der Waals surface area contributed by atoms with Crippen LogP contribution in [0.15, 0.2) is 70.4 Å². The molecular weight excluding hydrogens is 380 g/mol. The molecule has 0 spiro atoms. The summed E-state index contributed by atoms with van der Waals surface area (Å²) in [7, 11) is 3.06. The van der Waals surface area contributed by atoms with Gasteiger partial charge in [0.25, 0.3) is 5.56 Å². The average molecular weight is 396 g/mol. The SMILES string of the molecule is Cn1c(=O)c2c(nc3n(-c4ccc(C#N)cc4)c(-c4ccccc4)cn23)n(C)c1=O. The van der Waals surface area contributed by atoms with Gasteiger partial charge in [-0.1, -0.05) is 30.3 Å². The molecule has 0 aliphatic heterocycles. The molecule has 5 aromatic rings. The number of hydrogen-bond acceptors (Lipinski definition) is 4. The minimum absolute atomic E-state index is 0.320. The zero-order valence-electron chi connectivity index (χ0n) is 16.3. The summed E-state index contributed by atoms with van der Waals surface area (Å²) in [6, 6.07) is 19.0. The summed E-state index contributed by atoms with van der Waals surface area (Å²) < 4.78 is 6.09. The third-order valence-corrected chi connectivity index (χ3v) is 5.29. The normalized spacial score (nSPS) is 11.2. The van der Waals surface area contributed by atoms with E-state index in [9.17, 15) is 9.59 Å². The van der Waals surface area contributed by atoms with Crippen LogP contribution in [0.5, 0.6) is 0 Å². The van der Waals surface area contributed by atoms with E-state index in [-0.39, 0.29) is 0 Å². The van der Waals surface area contributed by atoms with Gasteiger partial charge in [-0.2, -0.15) is 10.2 Å². The number of nitrogens with zero attached hydrogens (tertiary/aromatic N) is 6. The quantitative estimate of drug-likeness (QED) is 0.458. The lowest BCUT2D eigenvalue weighted by Gasteiger charge is -2.09. The minimum atomic E-state index is -0.429. The Bertz CT molecular complexity index is 1590. The van der Waals surface area contributed by atoms with Crippen LogP contribution in [-0.4, -0.2) is 23.1 Å². The van der Waals surface area contributed by atoms with Gasteiger partial charge in [0.1, 0.15) is 0 Å². The first kappa shape index (κ1) is 17.7. The largest absolute Gasteiger partial charge is 0.332 e. The molecule has 0 amide bonds. The number of aryl methyl sites for hydroxylation is 1. The standard InChI is InChI=1S/C22H16N6O2/c1-25-19-18(20(29)26(2)22(25)30)27-13-17(15-6-4-3-5-7-15)28(21(27)24-19)16-10-8-14(12-23)9-11-16/h3-11,13H,1-2H3. The van der Waals surface area contributed by atoms with Crippen molar-refractivity contribution in [2.75, 3.05) is 0 Å². The van der Waals surface area contributed by atoms with Crippen LogP contribution < -0.4 is 11.2 Å². The van der Waals surface area contributed by atoms with Gasteiger partial charge in [0.05, 0.1) is 17.3 Å². The molecule has 30 heavy (non-hydrogen) atoms. The molecule has 0 aliphatic rings. The fourth-order valence-corrected chi connectivity index (χ4v) is 3.72. The molecule has 0 aliphatic carbocycles. The zero-order valence-corrected chi connectivity index (χ0v) is 16.3. The Balaban J connectivity index is 1.95. The highest BCUT2D eigenvalue weighted by atomic mass is 16.2. The van der Waals surface area contributed by atoms with E-state index in [1.165, 1.54) is 11.6 Å². The smallest absolute Gasteiger partial charge is 0.279 e. The fraction of sp³-hybridized carbons (Fsp3) is 0.0909. The van der Waals surface area contributed by atoms with Crippen molar-refractivity contribution in [3.8, 4) is 23.0 Å². The number of rotatable bonds is 2. The molecule has 0 bridgehead atoms. The monoisotopic (exact) mass is 396 g/mol. The second-order valence-corrected chi connectivity index (χ2v) is 7.03. The zero-order chi connectivity index (χ0) is 21.0. The number of nitriles is 1. The van der Waals surface area contributed by atoms with Gasteiger partial charge < -0.3 is 0 Å². The van der Waals surface area contributed by atoms with Crippen LogP contribution in [-0.2, 0) is 14.1 Å². The lowest BCUT2D eigenvalue weighted by atomic mass is 10.1. The van der Waals surface area contributed by atoms with Crippen molar-refractivity contribution in [1.82, 2.24) is 23.1 Å². The molecule has 8 nitrogen and oxygen atoms in total. The maximum atomic E-state index is 12.9. The molecular formula is C22H16N6O2. The number of hydrogen-bond donors (Lipinski definition) is 0. The molecule has 5 rings (SSSR count). The highest BCUT2D eigenvalue weighted by Gasteiger charge is 2.21. The maximum Gasteiger partial charge on any atom is 0.332 e. The van der Waals surface area contributed by atoms with Gasteiger partial charge in [-0.05, 0) is 24.3 Å². The molecule has 2 aromatic carbocycles. The summed E-state index contributed by atoms with van der Waals surface area (Å²) in [5.41, 5.74) is 2.94. The van der Waals surface area contributed by atoms with Crippen LogP contribution in [0, 0.1) is 11.3 Å². The third kappa shape index (κ3) is 2.36. The van der Waals surface area contributed by atoms with E-state index < -0.39 is 11.2 Å². The number of benzene rings is 2. The van der Waals surface area contributed by atoms with Crippen LogP contribution in [0.2, 0.25) is 0 Å². The van der Waals surface area contributed by atoms with Crippen molar-refractivity contribution in [3.05, 3.63) is 87.2 Å². The molecule has 146 valence electrons. The van der Waals surface area contributed by atoms with Crippen molar-refractivity contribution in [2.24, 2.45) is 14.1 Å². The van der Waals surface area contributed by atoms with Crippen molar-refractivity contribution >= 4 is 16.9 Å². The average Bonchev–Trinajstić information content (AvgIpc) is 3.33. The first-order chi connectivity index (χ1) is 14.5. The predicted octanol–water partition coefficient (Wildman–Crippen LogP) is 2.21. The Hall–Kier alpha value is -4.38. The van der Waals surface area contributed by atoms with Gasteiger partial charge in [-0.3, -0.25) is 22.9 Å². The summed E-state index contributed by atoms with van der Waals surface area (Å²) in [5.74, 6) is 0.506. The molecule has 0 fully saturated rings. The lowest BCUT2D eigenvalue weighted by Crippen LogP contribution is -2.37. The molecule has 8 heteroatoms. The second kappa shape index (κ2) is 6.32. The molecule has 0 unspecified atom stereocenters. The Morgan fingerprint density at radius 2 is 1.63 bits per heavy atom. The summed E-state index contributed by atoms with van der Waals surface area (Å²) in [5, 5.41) is 9.13. The summed E-state index contributed by atoms with van der Waals surface area (Å²) in [6.07, 6.45) is 1.85.